The van der Waals surface area contributed by atoms with E-state index in [1.54, 1.807) is 11.0 Å². The van der Waals surface area contributed by atoms with Gasteiger partial charge in [0.05, 0.1) is 0 Å². The molecule has 116 valence electrons. The maximum atomic E-state index is 12.1. The molecule has 1 N–H and O–H groups in total. The van der Waals surface area contributed by atoms with Gasteiger partial charge < -0.3 is 14.7 Å². The van der Waals surface area contributed by atoms with E-state index in [1.165, 1.54) is 0 Å². The number of likely N-dealkylation sites (tertiary alicyclic amines) is 1. The molecule has 2 unspecified atom stereocenters. The molecule has 0 aliphatic carbocycles. The highest BCUT2D eigenvalue weighted by Crippen LogP contribution is 2.34. The standard InChI is InChI=1S/C17H25NO3/c1-12-11-18(16(20)21-17(2,3)4)9-8-15(12)13-6-5-7-14(19)10-13/h5-7,10,12,15,19H,8-9,11H2,1-4H3. The number of piperidine rings is 1. The molecule has 1 saturated heterocycles. The maximum absolute atomic E-state index is 12.1. The Morgan fingerprint density at radius 3 is 2.67 bits per heavy atom. The van der Waals surface area contributed by atoms with Crippen LogP contribution in [0.3, 0.4) is 0 Å². The van der Waals surface area contributed by atoms with Crippen molar-refractivity contribution in [1.82, 2.24) is 4.90 Å². The van der Waals surface area contributed by atoms with Crippen molar-refractivity contribution in [2.75, 3.05) is 13.1 Å². The van der Waals surface area contributed by atoms with Crippen LogP contribution in [0.25, 0.3) is 0 Å². The summed E-state index contributed by atoms with van der Waals surface area (Å²) in [5.74, 6) is 1.01. The third-order valence-corrected chi connectivity index (χ3v) is 3.86. The molecule has 1 aliphatic heterocycles. The van der Waals surface area contributed by atoms with E-state index in [0.717, 1.165) is 12.0 Å². The fourth-order valence-electron chi connectivity index (χ4n) is 2.89. The molecular formula is C17H25NO3. The molecule has 0 saturated carbocycles. The first-order valence-corrected chi connectivity index (χ1v) is 7.53. The lowest BCUT2D eigenvalue weighted by Gasteiger charge is -2.37. The smallest absolute Gasteiger partial charge is 0.410 e. The zero-order valence-corrected chi connectivity index (χ0v) is 13.3. The second kappa shape index (κ2) is 5.96. The minimum atomic E-state index is -0.456. The second-order valence-electron chi connectivity index (χ2n) is 6.89. The van der Waals surface area contributed by atoms with Crippen LogP contribution in [0.5, 0.6) is 5.75 Å². The molecule has 4 nitrogen and oxygen atoms in total. The highest BCUT2D eigenvalue weighted by molar-refractivity contribution is 5.68. The molecule has 1 amide bonds. The molecule has 1 aromatic rings. The van der Waals surface area contributed by atoms with E-state index in [2.05, 4.69) is 6.92 Å². The minimum absolute atomic E-state index is 0.233. The van der Waals surface area contributed by atoms with Crippen molar-refractivity contribution in [1.29, 1.82) is 0 Å². The first-order valence-electron chi connectivity index (χ1n) is 7.53. The number of phenolic OH excluding ortho intramolecular Hbond substituents is 1. The lowest BCUT2D eigenvalue weighted by molar-refractivity contribution is 0.0155. The number of ether oxygens (including phenoxy) is 1. The molecular weight excluding hydrogens is 266 g/mol. The number of hydrogen-bond donors (Lipinski definition) is 1. The van der Waals surface area contributed by atoms with E-state index in [4.69, 9.17) is 4.74 Å². The summed E-state index contributed by atoms with van der Waals surface area (Å²) >= 11 is 0. The van der Waals surface area contributed by atoms with E-state index in [0.29, 0.717) is 30.7 Å². The zero-order valence-electron chi connectivity index (χ0n) is 13.3. The number of hydrogen-bond acceptors (Lipinski definition) is 3. The molecule has 1 heterocycles. The quantitative estimate of drug-likeness (QED) is 0.857. The lowest BCUT2D eigenvalue weighted by atomic mass is 9.81. The van der Waals surface area contributed by atoms with Gasteiger partial charge >= 0.3 is 6.09 Å². The molecule has 1 aromatic carbocycles. The van der Waals surface area contributed by atoms with E-state index in [-0.39, 0.29) is 6.09 Å². The SMILES string of the molecule is CC1CN(C(=O)OC(C)(C)C)CCC1c1cccc(O)c1. The average Bonchev–Trinajstić information content (AvgIpc) is 2.36. The first-order chi connectivity index (χ1) is 9.76. The highest BCUT2D eigenvalue weighted by Gasteiger charge is 2.31. The van der Waals surface area contributed by atoms with Gasteiger partial charge in [0.15, 0.2) is 0 Å². The Bertz CT molecular complexity index is 507. The number of phenols is 1. The Balaban J connectivity index is 2.01. The van der Waals surface area contributed by atoms with Crippen molar-refractivity contribution in [2.45, 2.75) is 45.6 Å². The van der Waals surface area contributed by atoms with E-state index < -0.39 is 5.60 Å². The molecule has 21 heavy (non-hydrogen) atoms. The predicted molar refractivity (Wildman–Crippen MR) is 82.4 cm³/mol. The zero-order chi connectivity index (χ0) is 15.6. The second-order valence-corrected chi connectivity index (χ2v) is 6.89. The van der Waals surface area contributed by atoms with E-state index in [9.17, 15) is 9.90 Å². The van der Waals surface area contributed by atoms with Gasteiger partial charge in [0.1, 0.15) is 11.4 Å². The summed E-state index contributed by atoms with van der Waals surface area (Å²) in [4.78, 5) is 13.9. The van der Waals surface area contributed by atoms with Crippen LogP contribution >= 0.6 is 0 Å². The van der Waals surface area contributed by atoms with Crippen LogP contribution in [0.15, 0.2) is 24.3 Å². The molecule has 0 radical (unpaired) electrons. The average molecular weight is 291 g/mol. The van der Waals surface area contributed by atoms with Crippen LogP contribution < -0.4 is 0 Å². The Kier molecular flexibility index (Phi) is 4.45. The van der Waals surface area contributed by atoms with Crippen molar-refractivity contribution in [3.63, 3.8) is 0 Å². The van der Waals surface area contributed by atoms with Gasteiger partial charge in [-0.25, -0.2) is 4.79 Å². The number of nitrogens with zero attached hydrogens (tertiary/aromatic N) is 1. The Labute approximate surface area is 126 Å². The number of carbonyl (C=O) groups is 1. The monoisotopic (exact) mass is 291 g/mol. The van der Waals surface area contributed by atoms with E-state index >= 15 is 0 Å². The third-order valence-electron chi connectivity index (χ3n) is 3.86. The van der Waals surface area contributed by atoms with Gasteiger partial charge in [-0.3, -0.25) is 0 Å². The van der Waals surface area contributed by atoms with Crippen LogP contribution in [0.1, 0.15) is 45.6 Å². The first kappa shape index (κ1) is 15.7. The molecule has 2 rings (SSSR count). The van der Waals surface area contributed by atoms with Crippen molar-refractivity contribution in [3.05, 3.63) is 29.8 Å². The number of rotatable bonds is 1. The Morgan fingerprint density at radius 2 is 2.10 bits per heavy atom. The van der Waals surface area contributed by atoms with Gasteiger partial charge in [-0.2, -0.15) is 0 Å². The molecule has 1 aliphatic rings. The van der Waals surface area contributed by atoms with Crippen molar-refractivity contribution in [3.8, 4) is 5.75 Å². The van der Waals surface area contributed by atoms with Gasteiger partial charge in [-0.1, -0.05) is 19.1 Å². The van der Waals surface area contributed by atoms with Crippen LogP contribution in [-0.2, 0) is 4.74 Å². The van der Waals surface area contributed by atoms with E-state index in [1.807, 2.05) is 39.0 Å². The molecule has 2 atom stereocenters. The number of carbonyl (C=O) groups excluding carboxylic acids is 1. The lowest BCUT2D eigenvalue weighted by Crippen LogP contribution is -2.44. The minimum Gasteiger partial charge on any atom is -0.508 e. The van der Waals surface area contributed by atoms with Gasteiger partial charge in [-0.15, -0.1) is 0 Å². The summed E-state index contributed by atoms with van der Waals surface area (Å²) in [5, 5.41) is 9.61. The number of aromatic hydroxyl groups is 1. The highest BCUT2D eigenvalue weighted by atomic mass is 16.6. The molecule has 0 bridgehead atoms. The van der Waals surface area contributed by atoms with Gasteiger partial charge in [0.2, 0.25) is 0 Å². The van der Waals surface area contributed by atoms with Crippen molar-refractivity contribution >= 4 is 6.09 Å². The Morgan fingerprint density at radius 1 is 1.38 bits per heavy atom. The van der Waals surface area contributed by atoms with Gasteiger partial charge in [0.25, 0.3) is 0 Å². The maximum Gasteiger partial charge on any atom is 0.410 e. The molecule has 4 heteroatoms. The largest absolute Gasteiger partial charge is 0.508 e. The summed E-state index contributed by atoms with van der Waals surface area (Å²) in [6, 6.07) is 7.43. The topological polar surface area (TPSA) is 49.8 Å². The molecule has 1 fully saturated rings. The molecule has 0 spiro atoms. The molecule has 0 aromatic heterocycles. The summed E-state index contributed by atoms with van der Waals surface area (Å²) in [6.45, 7) is 9.18. The van der Waals surface area contributed by atoms with Crippen molar-refractivity contribution < 1.29 is 14.6 Å². The summed E-state index contributed by atoms with van der Waals surface area (Å²) < 4.78 is 5.43. The number of amides is 1. The predicted octanol–water partition coefficient (Wildman–Crippen LogP) is 3.75. The normalized spacial score (nSPS) is 23.0. The Hall–Kier alpha value is -1.71. The van der Waals surface area contributed by atoms with Crippen LogP contribution in [0, 0.1) is 5.92 Å². The summed E-state index contributed by atoms with van der Waals surface area (Å²) in [6.07, 6.45) is 0.660. The fourth-order valence-corrected chi connectivity index (χ4v) is 2.89. The van der Waals surface area contributed by atoms with Crippen LogP contribution in [0.2, 0.25) is 0 Å². The fraction of sp³-hybridized carbons (Fsp3) is 0.588. The summed E-state index contributed by atoms with van der Waals surface area (Å²) in [7, 11) is 0. The van der Waals surface area contributed by atoms with Crippen LogP contribution in [0.4, 0.5) is 4.79 Å². The van der Waals surface area contributed by atoms with Gasteiger partial charge in [0, 0.05) is 13.1 Å². The summed E-state index contributed by atoms with van der Waals surface area (Å²) in [5.41, 5.74) is 0.689. The third kappa shape index (κ3) is 4.13. The number of benzene rings is 1. The van der Waals surface area contributed by atoms with Crippen molar-refractivity contribution in [2.24, 2.45) is 5.92 Å². The van der Waals surface area contributed by atoms with Gasteiger partial charge in [-0.05, 0) is 56.7 Å². The van der Waals surface area contributed by atoms with Crippen LogP contribution in [-0.4, -0.2) is 34.8 Å².